The second kappa shape index (κ2) is 43.3. The standard InChI is InChI=1S/C42H84O35/c43-1-22-23(2-44)65-37(16-58)67-26(5-47)27(6-48)69-39(18-60)71-30(9-51)31(10-52)73-41(20-62)75-34(13-55)35(14-56)77-42(21-63)76-33(12-54)32(11-53)74-40(19-61)72-29(8-50)28(7-49)70-38(17-59)68-25(4-46)24(3-45)66-36(15-57)64-22/h22-63H,1-21H2/t22-,23+,24?,25-,26?,27+,28+,29?,30-,31?,32?,33-,34?,35+,36?,37?,38?,39?,40?,41?,42?. The monoisotopic (exact) mass is 1150 g/mol. The van der Waals surface area contributed by atoms with Crippen molar-refractivity contribution in [3.8, 4) is 0 Å². The molecule has 0 aliphatic carbocycles. The van der Waals surface area contributed by atoms with Gasteiger partial charge in [-0.05, 0) is 0 Å². The zero-order chi connectivity index (χ0) is 57.9. The van der Waals surface area contributed by atoms with Gasteiger partial charge in [0.2, 0.25) is 0 Å². The van der Waals surface area contributed by atoms with E-state index in [1.54, 1.807) is 0 Å². The molecule has 462 valence electrons. The van der Waals surface area contributed by atoms with Gasteiger partial charge in [0, 0.05) is 0 Å². The fraction of sp³-hybridized carbons (Fsp3) is 1.00. The lowest BCUT2D eigenvalue weighted by Crippen LogP contribution is -2.50. The molecule has 0 aromatic carbocycles. The summed E-state index contributed by atoms with van der Waals surface area (Å²) in [6, 6.07) is 0. The van der Waals surface area contributed by atoms with Crippen LogP contribution in [0.1, 0.15) is 0 Å². The quantitative estimate of drug-likeness (QED) is 0.0507. The Morgan fingerprint density at radius 2 is 0.182 bits per heavy atom. The topological polar surface area (TPSA) is 554 Å². The van der Waals surface area contributed by atoms with Crippen LogP contribution in [0.25, 0.3) is 0 Å². The van der Waals surface area contributed by atoms with Crippen molar-refractivity contribution in [1.29, 1.82) is 0 Å². The van der Waals surface area contributed by atoms with Crippen LogP contribution in [0.2, 0.25) is 0 Å². The molecule has 1 fully saturated rings. The molecule has 0 amide bonds. The number of ether oxygens (including phenoxy) is 14. The highest BCUT2D eigenvalue weighted by molar-refractivity contribution is 4.80. The highest BCUT2D eigenvalue weighted by atomic mass is 16.8. The summed E-state index contributed by atoms with van der Waals surface area (Å²) >= 11 is 0. The summed E-state index contributed by atoms with van der Waals surface area (Å²) in [7, 11) is 0. The summed E-state index contributed by atoms with van der Waals surface area (Å²) < 4.78 is 78.2. The van der Waals surface area contributed by atoms with Gasteiger partial charge in [-0.2, -0.15) is 0 Å². The molecule has 0 spiro atoms. The van der Waals surface area contributed by atoms with Gasteiger partial charge in [0.05, 0.1) is 139 Å². The van der Waals surface area contributed by atoms with Gasteiger partial charge in [-0.15, -0.1) is 0 Å². The number of hydrogen-bond acceptors (Lipinski definition) is 35. The Morgan fingerprint density at radius 3 is 0.221 bits per heavy atom. The number of hydrogen-bond donors (Lipinski definition) is 21. The van der Waals surface area contributed by atoms with E-state index >= 15 is 0 Å². The molecule has 77 heavy (non-hydrogen) atoms. The molecular weight excluding hydrogens is 1060 g/mol. The number of aliphatic hydroxyl groups excluding tert-OH is 21. The van der Waals surface area contributed by atoms with E-state index in [0.717, 1.165) is 0 Å². The van der Waals surface area contributed by atoms with Gasteiger partial charge in [0.15, 0.2) is 44.0 Å². The highest BCUT2D eigenvalue weighted by Gasteiger charge is 2.39. The third-order valence-electron chi connectivity index (χ3n) is 11.0. The largest absolute Gasteiger partial charge is 0.394 e. The van der Waals surface area contributed by atoms with Crippen molar-refractivity contribution in [2.24, 2.45) is 0 Å². The maximum absolute atomic E-state index is 10.3. The Hall–Kier alpha value is -1.40. The van der Waals surface area contributed by atoms with Crippen molar-refractivity contribution in [1.82, 2.24) is 0 Å². The van der Waals surface area contributed by atoms with Crippen LogP contribution in [-0.2, 0) is 66.3 Å². The van der Waals surface area contributed by atoms with Gasteiger partial charge in [-0.3, -0.25) is 0 Å². The third-order valence-corrected chi connectivity index (χ3v) is 11.0. The van der Waals surface area contributed by atoms with E-state index < -0.39 is 268 Å². The minimum atomic E-state index is -1.87. The van der Waals surface area contributed by atoms with Crippen molar-refractivity contribution >= 4 is 0 Å². The lowest BCUT2D eigenvalue weighted by molar-refractivity contribution is -0.309. The maximum Gasteiger partial charge on any atom is 0.181 e. The fourth-order valence-corrected chi connectivity index (χ4v) is 7.03. The van der Waals surface area contributed by atoms with Crippen LogP contribution in [0.3, 0.4) is 0 Å². The molecular formula is C42H84O35. The van der Waals surface area contributed by atoms with Crippen LogP contribution in [-0.4, -0.2) is 375 Å². The molecule has 0 radical (unpaired) electrons. The lowest BCUT2D eigenvalue weighted by Gasteiger charge is -2.36. The zero-order valence-electron chi connectivity index (χ0n) is 42.1. The van der Waals surface area contributed by atoms with E-state index in [2.05, 4.69) is 0 Å². The molecule has 1 saturated heterocycles. The van der Waals surface area contributed by atoms with Gasteiger partial charge in [-0.25, -0.2) is 0 Å². The molecule has 1 rings (SSSR count). The van der Waals surface area contributed by atoms with Crippen LogP contribution >= 0.6 is 0 Å². The number of rotatable bonds is 21. The van der Waals surface area contributed by atoms with Crippen LogP contribution in [0, 0.1) is 0 Å². The smallest absolute Gasteiger partial charge is 0.181 e. The summed E-state index contributed by atoms with van der Waals surface area (Å²) in [4.78, 5) is 0. The molecule has 1 aliphatic heterocycles. The van der Waals surface area contributed by atoms with E-state index in [-0.39, 0.29) is 0 Å². The van der Waals surface area contributed by atoms with Gasteiger partial charge in [-0.1, -0.05) is 0 Å². The molecule has 35 heteroatoms. The molecule has 1 aliphatic rings. The van der Waals surface area contributed by atoms with Gasteiger partial charge in [0.1, 0.15) is 85.5 Å². The van der Waals surface area contributed by atoms with Crippen LogP contribution in [0.15, 0.2) is 0 Å². The van der Waals surface area contributed by atoms with Crippen molar-refractivity contribution in [2.75, 3.05) is 139 Å². The average Bonchev–Trinajstić information content (AvgIpc) is 3.46. The van der Waals surface area contributed by atoms with E-state index in [1.165, 1.54) is 0 Å². The first-order valence-corrected chi connectivity index (χ1v) is 24.1. The molecule has 0 aromatic heterocycles. The van der Waals surface area contributed by atoms with Crippen molar-refractivity contribution in [2.45, 2.75) is 129 Å². The summed E-state index contributed by atoms with van der Waals surface area (Å²) in [5.41, 5.74) is 0. The first kappa shape index (κ1) is 73.6. The Bertz CT molecular complexity index is 1010. The molecule has 35 nitrogen and oxygen atoms in total. The first-order chi connectivity index (χ1) is 37.2. The summed E-state index contributed by atoms with van der Waals surface area (Å²) in [5.74, 6) is 0. The molecule has 0 saturated carbocycles. The first-order valence-electron chi connectivity index (χ1n) is 24.1. The van der Waals surface area contributed by atoms with Gasteiger partial charge in [0.25, 0.3) is 0 Å². The third kappa shape index (κ3) is 25.3. The maximum atomic E-state index is 10.3. The lowest BCUT2D eigenvalue weighted by atomic mass is 10.2. The average molecular weight is 1150 g/mol. The predicted molar refractivity (Wildman–Crippen MR) is 244 cm³/mol. The Balaban J connectivity index is 3.84. The summed E-state index contributed by atoms with van der Waals surface area (Å²) in [6.07, 6.45) is -36.8. The van der Waals surface area contributed by atoms with Crippen molar-refractivity contribution in [3.63, 3.8) is 0 Å². The van der Waals surface area contributed by atoms with Crippen molar-refractivity contribution < 1.29 is 174 Å². The fourth-order valence-electron chi connectivity index (χ4n) is 7.03. The van der Waals surface area contributed by atoms with Crippen LogP contribution in [0.4, 0.5) is 0 Å². The summed E-state index contributed by atoms with van der Waals surface area (Å²) in [6.45, 7) is -21.8. The molecule has 0 aromatic rings. The summed E-state index contributed by atoms with van der Waals surface area (Å²) in [5, 5.41) is 215. The van der Waals surface area contributed by atoms with E-state index in [4.69, 9.17) is 66.3 Å². The number of aliphatic hydroxyl groups is 21. The van der Waals surface area contributed by atoms with E-state index in [9.17, 15) is 107 Å². The molecule has 13 unspecified atom stereocenters. The van der Waals surface area contributed by atoms with Crippen LogP contribution < -0.4 is 0 Å². The second-order valence-electron chi connectivity index (χ2n) is 16.3. The van der Waals surface area contributed by atoms with E-state index in [0.29, 0.717) is 0 Å². The van der Waals surface area contributed by atoms with Crippen LogP contribution in [0.5, 0.6) is 0 Å². The zero-order valence-corrected chi connectivity index (χ0v) is 42.1. The Morgan fingerprint density at radius 1 is 0.117 bits per heavy atom. The SMILES string of the molecule is OCC1OC(CO)[C@H](CO)OC(CO)O[C@H](CO)C(CO)OC(CO)O[C@H](CO)[C@H](CO)OC(CO)OC(CO)[C@H](CO)OC(CO)O[C@H](CO)C(CO)OC(CO)OC(CO)[C@H](CO)OC(CO)O[C@H](CO)C(CO)O1. The van der Waals surface area contributed by atoms with E-state index in [1.807, 2.05) is 0 Å². The minimum Gasteiger partial charge on any atom is -0.394 e. The molecule has 0 bridgehead atoms. The molecule has 1 heterocycles. The normalized spacial score (nSPS) is 37.9. The molecule has 21 N–H and O–H groups in total. The minimum absolute atomic E-state index is 1.02. The van der Waals surface area contributed by atoms with Gasteiger partial charge < -0.3 is 174 Å². The predicted octanol–water partition coefficient (Wildman–Crippen LogP) is -13.5. The highest BCUT2D eigenvalue weighted by Crippen LogP contribution is 2.22. The Kier molecular flexibility index (Phi) is 41.4. The van der Waals surface area contributed by atoms with Crippen molar-refractivity contribution in [3.05, 3.63) is 0 Å². The molecule has 21 atom stereocenters. The van der Waals surface area contributed by atoms with Gasteiger partial charge >= 0.3 is 0 Å². The second-order valence-corrected chi connectivity index (χ2v) is 16.3. The Labute approximate surface area is 441 Å².